The molecule has 0 aliphatic carbocycles. The van der Waals surface area contributed by atoms with Crippen LogP contribution in [-0.2, 0) is 0 Å². The third-order valence-electron chi connectivity index (χ3n) is 2.42. The summed E-state index contributed by atoms with van der Waals surface area (Å²) in [5, 5.41) is 2.29. The number of hydrogen-bond acceptors (Lipinski definition) is 4. The first-order valence-corrected chi connectivity index (χ1v) is 7.06. The van der Waals surface area contributed by atoms with Gasteiger partial charge in [0, 0.05) is 6.04 Å². The maximum Gasteiger partial charge on any atom is 0.118 e. The fraction of sp³-hybridized carbons (Fsp3) is 0.333. The van der Waals surface area contributed by atoms with Gasteiger partial charge in [0.05, 0.1) is 15.7 Å². The molecule has 2 unspecified atom stereocenters. The maximum absolute atomic E-state index is 6.15. The van der Waals surface area contributed by atoms with E-state index in [4.69, 9.17) is 10.2 Å². The van der Waals surface area contributed by atoms with Crippen LogP contribution >= 0.6 is 23.1 Å². The van der Waals surface area contributed by atoms with Gasteiger partial charge in [0.1, 0.15) is 5.76 Å². The van der Waals surface area contributed by atoms with Crippen molar-refractivity contribution in [3.63, 3.8) is 0 Å². The molecule has 2 N–H and O–H groups in total. The van der Waals surface area contributed by atoms with Crippen LogP contribution in [0.2, 0.25) is 0 Å². The van der Waals surface area contributed by atoms with Gasteiger partial charge in [0.15, 0.2) is 0 Å². The van der Waals surface area contributed by atoms with E-state index >= 15 is 0 Å². The second-order valence-corrected chi connectivity index (χ2v) is 5.95. The summed E-state index contributed by atoms with van der Waals surface area (Å²) >= 11 is 3.53. The van der Waals surface area contributed by atoms with Gasteiger partial charge in [-0.2, -0.15) is 0 Å². The highest BCUT2D eigenvalue weighted by atomic mass is 32.2. The third kappa shape index (κ3) is 2.70. The predicted molar refractivity (Wildman–Crippen MR) is 69.9 cm³/mol. The van der Waals surface area contributed by atoms with Gasteiger partial charge in [-0.15, -0.1) is 23.1 Å². The van der Waals surface area contributed by atoms with E-state index < -0.39 is 0 Å². The summed E-state index contributed by atoms with van der Waals surface area (Å²) in [6.07, 6.45) is 2.66. The smallest absolute Gasteiger partial charge is 0.118 e. The normalized spacial score (nSPS) is 14.9. The quantitative estimate of drug-likeness (QED) is 0.821. The van der Waals surface area contributed by atoms with Gasteiger partial charge in [-0.1, -0.05) is 13.0 Å². The topological polar surface area (TPSA) is 39.2 Å². The van der Waals surface area contributed by atoms with Crippen molar-refractivity contribution in [2.45, 2.75) is 28.8 Å². The zero-order chi connectivity index (χ0) is 11.4. The van der Waals surface area contributed by atoms with E-state index in [2.05, 4.69) is 24.4 Å². The Balaban J connectivity index is 2.15. The van der Waals surface area contributed by atoms with Gasteiger partial charge >= 0.3 is 0 Å². The van der Waals surface area contributed by atoms with Crippen molar-refractivity contribution in [2.75, 3.05) is 0 Å². The summed E-state index contributed by atoms with van der Waals surface area (Å²) in [5.41, 5.74) is 6.15. The van der Waals surface area contributed by atoms with Gasteiger partial charge in [0.25, 0.3) is 0 Å². The highest BCUT2D eigenvalue weighted by Crippen LogP contribution is 2.40. The molecule has 2 atom stereocenters. The minimum absolute atomic E-state index is 0.123. The Kier molecular flexibility index (Phi) is 4.09. The molecule has 16 heavy (non-hydrogen) atoms. The molecule has 0 saturated heterocycles. The molecule has 2 aromatic heterocycles. The van der Waals surface area contributed by atoms with Crippen LogP contribution in [0.5, 0.6) is 0 Å². The molecule has 0 radical (unpaired) electrons. The lowest BCUT2D eigenvalue weighted by Gasteiger charge is -2.19. The van der Waals surface area contributed by atoms with E-state index in [1.807, 2.05) is 12.1 Å². The zero-order valence-electron chi connectivity index (χ0n) is 9.13. The highest BCUT2D eigenvalue weighted by Gasteiger charge is 2.22. The van der Waals surface area contributed by atoms with Crippen molar-refractivity contribution >= 4 is 23.1 Å². The Labute approximate surface area is 104 Å². The molecule has 0 fully saturated rings. The molecule has 0 spiro atoms. The highest BCUT2D eigenvalue weighted by molar-refractivity contribution is 8.01. The molecule has 2 aromatic rings. The van der Waals surface area contributed by atoms with Gasteiger partial charge in [-0.3, -0.25) is 0 Å². The Morgan fingerprint density at radius 1 is 1.44 bits per heavy atom. The maximum atomic E-state index is 6.15. The number of thioether (sulfide) groups is 1. The largest absolute Gasteiger partial charge is 0.468 e. The lowest BCUT2D eigenvalue weighted by Crippen LogP contribution is -2.25. The minimum Gasteiger partial charge on any atom is -0.468 e. The Morgan fingerprint density at radius 2 is 2.31 bits per heavy atom. The van der Waals surface area contributed by atoms with Gasteiger partial charge in [-0.05, 0) is 30.0 Å². The number of rotatable bonds is 5. The summed E-state index contributed by atoms with van der Waals surface area (Å²) in [7, 11) is 0. The molecular formula is C12H15NOS2. The van der Waals surface area contributed by atoms with Crippen LogP contribution in [0.1, 0.15) is 24.4 Å². The molecule has 86 valence electrons. The van der Waals surface area contributed by atoms with Crippen LogP contribution < -0.4 is 5.73 Å². The Bertz CT molecular complexity index is 397. The number of furan rings is 1. The summed E-state index contributed by atoms with van der Waals surface area (Å²) in [4.78, 5) is 0. The van der Waals surface area contributed by atoms with E-state index in [-0.39, 0.29) is 11.3 Å². The number of nitrogens with two attached hydrogens (primary N) is 1. The molecule has 0 saturated carbocycles. The van der Waals surface area contributed by atoms with Crippen LogP contribution in [0.3, 0.4) is 0 Å². The molecule has 2 nitrogen and oxygen atoms in total. The summed E-state index contributed by atoms with van der Waals surface area (Å²) in [5.74, 6) is 0.966. The van der Waals surface area contributed by atoms with Crippen molar-refractivity contribution in [2.24, 2.45) is 5.73 Å². The molecule has 0 bridgehead atoms. The summed E-state index contributed by atoms with van der Waals surface area (Å²) in [6.45, 7) is 2.11. The minimum atomic E-state index is 0.123. The van der Waals surface area contributed by atoms with E-state index in [0.29, 0.717) is 0 Å². The lowest BCUT2D eigenvalue weighted by molar-refractivity contribution is 0.474. The molecule has 4 heteroatoms. The van der Waals surface area contributed by atoms with Gasteiger partial charge < -0.3 is 10.2 Å². The van der Waals surface area contributed by atoms with E-state index in [9.17, 15) is 0 Å². The molecular weight excluding hydrogens is 238 g/mol. The first kappa shape index (κ1) is 11.8. The number of thiophene rings is 1. The SMILES string of the molecule is CCC(N)C(Sc1cccs1)c1ccco1. The van der Waals surface area contributed by atoms with E-state index in [1.165, 1.54) is 4.21 Å². The first-order chi connectivity index (χ1) is 7.81. The lowest BCUT2D eigenvalue weighted by atomic mass is 10.1. The van der Waals surface area contributed by atoms with Crippen LogP contribution in [0.4, 0.5) is 0 Å². The van der Waals surface area contributed by atoms with Crippen LogP contribution in [-0.4, -0.2) is 6.04 Å². The molecule has 0 aliphatic heterocycles. The monoisotopic (exact) mass is 253 g/mol. The fourth-order valence-corrected chi connectivity index (χ4v) is 3.65. The van der Waals surface area contributed by atoms with Crippen molar-refractivity contribution < 1.29 is 4.42 Å². The Hall–Kier alpha value is -0.710. The third-order valence-corrected chi connectivity index (χ3v) is 4.87. The van der Waals surface area contributed by atoms with Crippen molar-refractivity contribution in [3.05, 3.63) is 41.7 Å². The van der Waals surface area contributed by atoms with Crippen LogP contribution in [0.25, 0.3) is 0 Å². The van der Waals surface area contributed by atoms with Crippen molar-refractivity contribution in [1.29, 1.82) is 0 Å². The average Bonchev–Trinajstić information content (AvgIpc) is 2.97. The second-order valence-electron chi connectivity index (χ2n) is 3.56. The van der Waals surface area contributed by atoms with Crippen molar-refractivity contribution in [1.82, 2.24) is 0 Å². The summed E-state index contributed by atoms with van der Waals surface area (Å²) < 4.78 is 6.75. The van der Waals surface area contributed by atoms with Gasteiger partial charge in [0.2, 0.25) is 0 Å². The molecule has 2 heterocycles. The fourth-order valence-electron chi connectivity index (χ4n) is 1.48. The molecule has 0 amide bonds. The zero-order valence-corrected chi connectivity index (χ0v) is 10.8. The molecule has 0 aromatic carbocycles. The van der Waals surface area contributed by atoms with E-state index in [1.54, 1.807) is 29.4 Å². The first-order valence-electron chi connectivity index (χ1n) is 5.30. The van der Waals surface area contributed by atoms with E-state index in [0.717, 1.165) is 12.2 Å². The van der Waals surface area contributed by atoms with Gasteiger partial charge in [-0.25, -0.2) is 0 Å². The van der Waals surface area contributed by atoms with Crippen LogP contribution in [0, 0.1) is 0 Å². The number of hydrogen-bond donors (Lipinski definition) is 1. The second kappa shape index (κ2) is 5.57. The Morgan fingerprint density at radius 3 is 2.88 bits per heavy atom. The standard InChI is InChI=1S/C12H15NOS2/c1-2-9(13)12(10-5-3-7-14-10)16-11-6-4-8-15-11/h3-9,12H,2,13H2,1H3. The van der Waals surface area contributed by atoms with Crippen LogP contribution in [0.15, 0.2) is 44.5 Å². The summed E-state index contributed by atoms with van der Waals surface area (Å²) in [6, 6.07) is 8.22. The predicted octanol–water partition coefficient (Wildman–Crippen LogP) is 3.91. The average molecular weight is 253 g/mol. The van der Waals surface area contributed by atoms with Crippen molar-refractivity contribution in [3.8, 4) is 0 Å². The molecule has 2 rings (SSSR count). The molecule has 0 aliphatic rings.